The Morgan fingerprint density at radius 3 is 2.11 bits per heavy atom. The van der Waals surface area contributed by atoms with E-state index in [0.717, 1.165) is 29.6 Å². The van der Waals surface area contributed by atoms with Crippen molar-refractivity contribution in [1.29, 1.82) is 0 Å². The summed E-state index contributed by atoms with van der Waals surface area (Å²) < 4.78 is 0. The third kappa shape index (κ3) is 5.20. The third-order valence-electron chi connectivity index (χ3n) is 3.34. The summed E-state index contributed by atoms with van der Waals surface area (Å²) in [6.45, 7) is 0. The van der Waals surface area contributed by atoms with E-state index < -0.39 is 33.2 Å². The van der Waals surface area contributed by atoms with E-state index in [1.165, 1.54) is 24.3 Å². The summed E-state index contributed by atoms with van der Waals surface area (Å²) in [7, 11) is 0. The van der Waals surface area contributed by atoms with Gasteiger partial charge in [0, 0.05) is 10.6 Å². The first kappa shape index (κ1) is 21.2. The molecule has 0 aliphatic rings. The molecule has 0 unspecified atom stereocenters. The van der Waals surface area contributed by atoms with Crippen molar-refractivity contribution in [2.24, 2.45) is 0 Å². The second-order valence-electron chi connectivity index (χ2n) is 5.20. The molecule has 28 heavy (non-hydrogen) atoms. The van der Waals surface area contributed by atoms with Gasteiger partial charge in [0.25, 0.3) is 11.4 Å². The average molecular weight is 424 g/mol. The number of nitrogens with zero attached hydrogens (tertiary/aromatic N) is 2. The van der Waals surface area contributed by atoms with Crippen molar-refractivity contribution < 1.29 is 29.6 Å². The Morgan fingerprint density at radius 1 is 0.929 bits per heavy atom. The van der Waals surface area contributed by atoms with Gasteiger partial charge in [-0.05, 0) is 18.2 Å². The van der Waals surface area contributed by atoms with Gasteiger partial charge >= 0.3 is 11.9 Å². The van der Waals surface area contributed by atoms with Crippen LogP contribution in [0.5, 0.6) is 0 Å². The highest BCUT2D eigenvalue weighted by Crippen LogP contribution is 2.43. The summed E-state index contributed by atoms with van der Waals surface area (Å²) in [5.74, 6) is -2.27. The minimum Gasteiger partial charge on any atom is -0.481 e. The van der Waals surface area contributed by atoms with Gasteiger partial charge < -0.3 is 10.2 Å². The second-order valence-corrected chi connectivity index (χ2v) is 7.42. The molecule has 2 rings (SSSR count). The summed E-state index contributed by atoms with van der Waals surface area (Å²) in [6, 6.07) is 7.89. The third-order valence-corrected chi connectivity index (χ3v) is 5.51. The summed E-state index contributed by atoms with van der Waals surface area (Å²) in [6.07, 6.45) is -0.247. The first-order valence-electron chi connectivity index (χ1n) is 7.52. The van der Waals surface area contributed by atoms with Crippen LogP contribution < -0.4 is 0 Å². The molecular weight excluding hydrogens is 412 g/mol. The van der Waals surface area contributed by atoms with Crippen molar-refractivity contribution in [2.75, 3.05) is 5.75 Å². The molecule has 146 valence electrons. The molecule has 12 heteroatoms. The molecule has 2 N–H and O–H groups in total. The van der Waals surface area contributed by atoms with Crippen LogP contribution in [-0.2, 0) is 4.79 Å². The topological polar surface area (TPSA) is 161 Å². The number of thioether (sulfide) groups is 1. The van der Waals surface area contributed by atoms with Crippen LogP contribution in [0.1, 0.15) is 16.8 Å². The van der Waals surface area contributed by atoms with Crippen molar-refractivity contribution in [3.05, 3.63) is 62.2 Å². The van der Waals surface area contributed by atoms with E-state index in [1.54, 1.807) is 6.07 Å². The smallest absolute Gasteiger partial charge is 0.336 e. The van der Waals surface area contributed by atoms with E-state index in [9.17, 15) is 34.9 Å². The van der Waals surface area contributed by atoms with Gasteiger partial charge in [-0.15, -0.1) is 11.8 Å². The van der Waals surface area contributed by atoms with Crippen LogP contribution >= 0.6 is 23.5 Å². The zero-order chi connectivity index (χ0) is 20.8. The number of nitro benzene ring substituents is 2. The lowest BCUT2D eigenvalue weighted by Crippen LogP contribution is -2.01. The van der Waals surface area contributed by atoms with Crippen LogP contribution in [0.25, 0.3) is 0 Å². The molecule has 0 saturated heterocycles. The molecule has 0 aliphatic carbocycles. The Kier molecular flexibility index (Phi) is 6.95. The predicted molar refractivity (Wildman–Crippen MR) is 100 cm³/mol. The quantitative estimate of drug-likeness (QED) is 0.343. The van der Waals surface area contributed by atoms with Crippen molar-refractivity contribution in [2.45, 2.75) is 21.1 Å². The normalized spacial score (nSPS) is 10.4. The molecule has 0 heterocycles. The van der Waals surface area contributed by atoms with Crippen LogP contribution in [0.15, 0.2) is 51.1 Å². The van der Waals surface area contributed by atoms with Crippen molar-refractivity contribution in [3.8, 4) is 0 Å². The maximum atomic E-state index is 11.4. The lowest BCUT2D eigenvalue weighted by molar-refractivity contribution is -0.397. The second kappa shape index (κ2) is 9.19. The first-order chi connectivity index (χ1) is 13.2. The van der Waals surface area contributed by atoms with Crippen LogP contribution in [0, 0.1) is 20.2 Å². The molecule has 0 aromatic heterocycles. The molecule has 0 radical (unpaired) electrons. The average Bonchev–Trinajstić information content (AvgIpc) is 2.61. The van der Waals surface area contributed by atoms with Crippen LogP contribution in [0.3, 0.4) is 0 Å². The largest absolute Gasteiger partial charge is 0.481 e. The van der Waals surface area contributed by atoms with E-state index in [1.807, 2.05) is 0 Å². The highest BCUT2D eigenvalue weighted by Gasteiger charge is 2.26. The number of carbonyl (C=O) groups is 2. The van der Waals surface area contributed by atoms with Crippen LogP contribution in [0.4, 0.5) is 11.4 Å². The monoisotopic (exact) mass is 424 g/mol. The van der Waals surface area contributed by atoms with Crippen LogP contribution in [-0.4, -0.2) is 37.8 Å². The van der Waals surface area contributed by atoms with E-state index >= 15 is 0 Å². The lowest BCUT2D eigenvalue weighted by Gasteiger charge is -2.09. The Morgan fingerprint density at radius 2 is 1.54 bits per heavy atom. The molecule has 0 bridgehead atoms. The molecule has 10 nitrogen and oxygen atoms in total. The van der Waals surface area contributed by atoms with Gasteiger partial charge in [-0.2, -0.15) is 0 Å². The highest BCUT2D eigenvalue weighted by molar-refractivity contribution is 8.00. The highest BCUT2D eigenvalue weighted by atomic mass is 32.2. The minimum atomic E-state index is -1.22. The Labute approximate surface area is 165 Å². The number of rotatable bonds is 9. The molecular formula is C16H12N2O8S2. The predicted octanol–water partition coefficient (Wildman–Crippen LogP) is 3.92. The van der Waals surface area contributed by atoms with Crippen molar-refractivity contribution in [3.63, 3.8) is 0 Å². The summed E-state index contributed by atoms with van der Waals surface area (Å²) >= 11 is 1.68. The SMILES string of the molecule is O=C(O)CCSc1cc(Sc2ccccc2C(=O)O)c([N+](=O)[O-])cc1[N+](=O)[O-]. The zero-order valence-electron chi connectivity index (χ0n) is 13.9. The van der Waals surface area contributed by atoms with Gasteiger partial charge in [-0.25, -0.2) is 4.79 Å². The standard InChI is InChI=1S/C16H12N2O8S2/c19-15(20)5-6-27-13-8-14(11(18(25)26)7-10(13)17(23)24)28-12-4-2-1-3-9(12)16(21)22/h1-4,7-8H,5-6H2,(H,19,20)(H,21,22). The molecule has 0 spiro atoms. The molecule has 0 aliphatic heterocycles. The van der Waals surface area contributed by atoms with Crippen molar-refractivity contribution >= 4 is 46.8 Å². The maximum Gasteiger partial charge on any atom is 0.336 e. The molecule has 2 aromatic rings. The van der Waals surface area contributed by atoms with E-state index in [4.69, 9.17) is 5.11 Å². The summed E-state index contributed by atoms with van der Waals surface area (Å²) in [4.78, 5) is 43.4. The number of hydrogen-bond donors (Lipinski definition) is 2. The molecule has 2 aromatic carbocycles. The number of carboxylic acid groups (broad SMARTS) is 2. The molecule has 0 atom stereocenters. The van der Waals surface area contributed by atoms with Gasteiger partial charge in [0.2, 0.25) is 0 Å². The first-order valence-corrected chi connectivity index (χ1v) is 9.32. The number of carboxylic acids is 2. The number of aromatic carboxylic acids is 1. The van der Waals surface area contributed by atoms with Crippen molar-refractivity contribution in [1.82, 2.24) is 0 Å². The number of benzene rings is 2. The Hall–Kier alpha value is -3.12. The van der Waals surface area contributed by atoms with Gasteiger partial charge in [0.1, 0.15) is 0 Å². The van der Waals surface area contributed by atoms with Gasteiger partial charge in [-0.1, -0.05) is 23.9 Å². The molecule has 0 fully saturated rings. The van der Waals surface area contributed by atoms with Crippen LogP contribution in [0.2, 0.25) is 0 Å². The molecule has 0 amide bonds. The maximum absolute atomic E-state index is 11.4. The van der Waals surface area contributed by atoms with E-state index in [-0.39, 0.29) is 32.4 Å². The fourth-order valence-electron chi connectivity index (χ4n) is 2.12. The van der Waals surface area contributed by atoms with Gasteiger partial charge in [-0.3, -0.25) is 25.0 Å². The number of nitro groups is 2. The van der Waals surface area contributed by atoms with E-state index in [0.29, 0.717) is 0 Å². The lowest BCUT2D eigenvalue weighted by atomic mass is 10.2. The zero-order valence-corrected chi connectivity index (χ0v) is 15.6. The number of aliphatic carboxylic acids is 1. The van der Waals surface area contributed by atoms with Gasteiger partial charge in [0.15, 0.2) is 0 Å². The fraction of sp³-hybridized carbons (Fsp3) is 0.125. The summed E-state index contributed by atoms with van der Waals surface area (Å²) in [5.41, 5.74) is -1.13. The summed E-state index contributed by atoms with van der Waals surface area (Å²) in [5, 5.41) is 40.7. The fourth-order valence-corrected chi connectivity index (χ4v) is 4.24. The number of hydrogen-bond acceptors (Lipinski definition) is 8. The van der Waals surface area contributed by atoms with E-state index in [2.05, 4.69) is 0 Å². The Balaban J connectivity index is 2.52. The Bertz CT molecular complexity index is 964. The minimum absolute atomic E-state index is 0.0159. The molecule has 0 saturated carbocycles. The van der Waals surface area contributed by atoms with Gasteiger partial charge in [0.05, 0.1) is 37.7 Å².